The van der Waals surface area contributed by atoms with Gasteiger partial charge in [0.25, 0.3) is 15.9 Å². The van der Waals surface area contributed by atoms with E-state index >= 15 is 0 Å². The minimum atomic E-state index is -3.94. The molecule has 3 amide bonds. The summed E-state index contributed by atoms with van der Waals surface area (Å²) in [5.74, 6) is 0.304. The van der Waals surface area contributed by atoms with E-state index in [1.807, 2.05) is 20.8 Å². The lowest BCUT2D eigenvalue weighted by atomic mass is 10.0. The number of rotatable bonds is 9. The maximum atomic E-state index is 14.4. The van der Waals surface area contributed by atoms with Gasteiger partial charge >= 0.3 is 6.03 Å². The van der Waals surface area contributed by atoms with Crippen LogP contribution in [0.25, 0.3) is 0 Å². The number of likely N-dealkylation sites (N-methyl/N-ethyl adjacent to an activating group) is 1. The summed E-state index contributed by atoms with van der Waals surface area (Å²) < 4.78 is 46.9. The lowest BCUT2D eigenvalue weighted by Gasteiger charge is -2.35. The number of benzene rings is 3. The van der Waals surface area contributed by atoms with Crippen molar-refractivity contribution < 1.29 is 37.3 Å². The zero-order chi connectivity index (χ0) is 36.4. The van der Waals surface area contributed by atoms with Crippen molar-refractivity contribution in [2.45, 2.75) is 70.1 Å². The first kappa shape index (κ1) is 38.5. The van der Waals surface area contributed by atoms with Gasteiger partial charge in [-0.15, -0.1) is 0 Å². The highest BCUT2D eigenvalue weighted by molar-refractivity contribution is 7.92. The summed E-state index contributed by atoms with van der Waals surface area (Å²) in [6.07, 6.45) is 1.58. The molecular weight excluding hydrogens is 660 g/mol. The fourth-order valence-electron chi connectivity index (χ4n) is 5.63. The Balaban J connectivity index is 1.61. The highest BCUT2D eigenvalue weighted by atomic mass is 32.2. The second-order valence-corrected chi connectivity index (χ2v) is 14.7. The number of fused-ring (bicyclic) bond motifs is 1. The van der Waals surface area contributed by atoms with Crippen LogP contribution in [0.5, 0.6) is 11.5 Å². The van der Waals surface area contributed by atoms with E-state index in [4.69, 9.17) is 14.2 Å². The number of aliphatic hydroxyl groups excluding tert-OH is 1. The van der Waals surface area contributed by atoms with Crippen molar-refractivity contribution in [3.05, 3.63) is 77.9 Å². The summed E-state index contributed by atoms with van der Waals surface area (Å²) in [7, 11) is -0.677. The molecule has 0 bridgehead atoms. The first-order valence-electron chi connectivity index (χ1n) is 16.9. The van der Waals surface area contributed by atoms with E-state index in [1.165, 1.54) is 18.2 Å². The zero-order valence-corrected chi connectivity index (χ0v) is 30.5. The summed E-state index contributed by atoms with van der Waals surface area (Å²) >= 11 is 0. The van der Waals surface area contributed by atoms with Gasteiger partial charge in [0.05, 0.1) is 42.4 Å². The van der Waals surface area contributed by atoms with Gasteiger partial charge in [-0.3, -0.25) is 9.52 Å². The lowest BCUT2D eigenvalue weighted by Crippen LogP contribution is -2.48. The third kappa shape index (κ3) is 10.3. The SMILES string of the molecule is COc1ccc(NC(=O)N(C)C[C@@H]2OCCCC[C@@H](C)Oc3ccc(NS(=O)(=O)c4ccc(C)cc4)cc3C(=O)N([C@H](C)CO)C[C@H]2C)cc1. The van der Waals surface area contributed by atoms with E-state index in [0.717, 1.165) is 18.4 Å². The maximum absolute atomic E-state index is 14.4. The van der Waals surface area contributed by atoms with Crippen molar-refractivity contribution in [1.82, 2.24) is 9.80 Å². The molecule has 4 rings (SSSR count). The molecule has 0 spiro atoms. The summed E-state index contributed by atoms with van der Waals surface area (Å²) in [4.78, 5) is 30.8. The average molecular weight is 711 g/mol. The van der Waals surface area contributed by atoms with Crippen LogP contribution in [0.4, 0.5) is 16.2 Å². The Hall–Kier alpha value is -4.33. The van der Waals surface area contributed by atoms with E-state index in [1.54, 1.807) is 79.4 Å². The molecule has 3 aromatic carbocycles. The number of nitrogens with zero attached hydrogens (tertiary/aromatic N) is 2. The van der Waals surface area contributed by atoms with Gasteiger partial charge in [-0.05, 0) is 94.6 Å². The first-order valence-corrected chi connectivity index (χ1v) is 18.4. The Kier molecular flexibility index (Phi) is 13.5. The van der Waals surface area contributed by atoms with Crippen molar-refractivity contribution in [2.75, 3.05) is 50.5 Å². The molecule has 0 radical (unpaired) electrons. The second-order valence-electron chi connectivity index (χ2n) is 13.0. The van der Waals surface area contributed by atoms with Crippen LogP contribution in [0.1, 0.15) is 56.0 Å². The minimum Gasteiger partial charge on any atom is -0.497 e. The van der Waals surface area contributed by atoms with Crippen LogP contribution in [0.15, 0.2) is 71.6 Å². The second kappa shape index (κ2) is 17.6. The third-order valence-electron chi connectivity index (χ3n) is 8.78. The number of hydrogen-bond acceptors (Lipinski definition) is 8. The molecule has 0 saturated carbocycles. The molecule has 50 heavy (non-hydrogen) atoms. The monoisotopic (exact) mass is 710 g/mol. The van der Waals surface area contributed by atoms with E-state index in [2.05, 4.69) is 10.0 Å². The number of anilines is 2. The van der Waals surface area contributed by atoms with Gasteiger partial charge in [0.15, 0.2) is 0 Å². The highest BCUT2D eigenvalue weighted by Crippen LogP contribution is 2.30. The van der Waals surface area contributed by atoms with Gasteiger partial charge in [0.2, 0.25) is 0 Å². The quantitative estimate of drug-likeness (QED) is 0.254. The topological polar surface area (TPSA) is 147 Å². The predicted octanol–water partition coefficient (Wildman–Crippen LogP) is 5.76. The van der Waals surface area contributed by atoms with E-state index in [9.17, 15) is 23.1 Å². The van der Waals surface area contributed by atoms with Crippen molar-refractivity contribution in [2.24, 2.45) is 5.92 Å². The zero-order valence-electron chi connectivity index (χ0n) is 29.7. The summed E-state index contributed by atoms with van der Waals surface area (Å²) in [6.45, 7) is 8.07. The number of aliphatic hydroxyl groups is 1. The van der Waals surface area contributed by atoms with Crippen LogP contribution in [0.2, 0.25) is 0 Å². The van der Waals surface area contributed by atoms with Gasteiger partial charge in [-0.1, -0.05) is 24.6 Å². The van der Waals surface area contributed by atoms with Gasteiger partial charge < -0.3 is 34.4 Å². The smallest absolute Gasteiger partial charge is 0.321 e. The molecule has 0 aromatic heterocycles. The summed E-state index contributed by atoms with van der Waals surface area (Å²) in [5, 5.41) is 13.1. The standard InChI is InChI=1S/C37H50N4O8S/c1-25-10-17-32(18-11-25)50(45,46)39-30-14-19-34-33(21-30)36(43)41(27(3)24-42)22-26(2)35(48-20-8-7-9-28(4)49-34)23-40(5)37(44)38-29-12-15-31(47-6)16-13-29/h10-19,21,26-28,35,39,42H,7-9,20,22-24H2,1-6H3,(H,38,44)/t26-,27-,28-,35+/m1/s1. The van der Waals surface area contributed by atoms with Crippen LogP contribution in [-0.4, -0.2) is 94.0 Å². The lowest BCUT2D eigenvalue weighted by molar-refractivity contribution is -0.0115. The molecule has 3 aromatic rings. The Morgan fingerprint density at radius 1 is 1.06 bits per heavy atom. The number of hydrogen-bond donors (Lipinski definition) is 3. The normalized spacial score (nSPS) is 19.7. The van der Waals surface area contributed by atoms with Gasteiger partial charge in [-0.2, -0.15) is 0 Å². The number of nitrogens with one attached hydrogen (secondary N) is 2. The molecule has 13 heteroatoms. The molecule has 1 aliphatic heterocycles. The average Bonchev–Trinajstić information content (AvgIpc) is 3.09. The van der Waals surface area contributed by atoms with E-state index in [-0.39, 0.29) is 53.9 Å². The van der Waals surface area contributed by atoms with Crippen molar-refractivity contribution in [3.8, 4) is 11.5 Å². The number of urea groups is 1. The third-order valence-corrected chi connectivity index (χ3v) is 10.2. The van der Waals surface area contributed by atoms with Crippen LogP contribution in [-0.2, 0) is 14.8 Å². The summed E-state index contributed by atoms with van der Waals surface area (Å²) in [6, 6.07) is 17.3. The molecule has 0 unspecified atom stereocenters. The molecule has 4 atom stereocenters. The van der Waals surface area contributed by atoms with E-state index < -0.39 is 28.1 Å². The Labute approximate surface area is 295 Å². The van der Waals surface area contributed by atoms with Crippen molar-refractivity contribution in [3.63, 3.8) is 0 Å². The number of carbonyl (C=O) groups is 2. The first-order chi connectivity index (χ1) is 23.8. The minimum absolute atomic E-state index is 0.0948. The predicted molar refractivity (Wildman–Crippen MR) is 194 cm³/mol. The van der Waals surface area contributed by atoms with Crippen LogP contribution < -0.4 is 19.5 Å². The fourth-order valence-corrected chi connectivity index (χ4v) is 6.68. The Morgan fingerprint density at radius 2 is 1.74 bits per heavy atom. The number of sulfonamides is 1. The molecular formula is C37H50N4O8S. The van der Waals surface area contributed by atoms with Gasteiger partial charge in [0, 0.05) is 44.0 Å². The molecule has 1 aliphatic rings. The van der Waals surface area contributed by atoms with Gasteiger partial charge in [-0.25, -0.2) is 13.2 Å². The van der Waals surface area contributed by atoms with Crippen LogP contribution >= 0.6 is 0 Å². The van der Waals surface area contributed by atoms with Crippen LogP contribution in [0, 0.1) is 12.8 Å². The number of methoxy groups -OCH3 is 1. The number of aryl methyl sites for hydroxylation is 1. The molecule has 1 heterocycles. The fraction of sp³-hybridized carbons (Fsp3) is 0.459. The van der Waals surface area contributed by atoms with Crippen LogP contribution in [0.3, 0.4) is 0 Å². The molecule has 12 nitrogen and oxygen atoms in total. The number of ether oxygens (including phenoxy) is 3. The molecule has 0 saturated heterocycles. The maximum Gasteiger partial charge on any atom is 0.321 e. The Morgan fingerprint density at radius 3 is 2.40 bits per heavy atom. The molecule has 0 fully saturated rings. The van der Waals surface area contributed by atoms with E-state index in [0.29, 0.717) is 30.2 Å². The molecule has 0 aliphatic carbocycles. The molecule has 3 N–H and O–H groups in total. The van der Waals surface area contributed by atoms with Crippen molar-refractivity contribution in [1.29, 1.82) is 0 Å². The summed E-state index contributed by atoms with van der Waals surface area (Å²) in [5.41, 5.74) is 1.91. The Bertz CT molecular complexity index is 1680. The molecule has 272 valence electrons. The largest absolute Gasteiger partial charge is 0.497 e. The highest BCUT2D eigenvalue weighted by Gasteiger charge is 2.31. The van der Waals surface area contributed by atoms with Crippen molar-refractivity contribution >= 4 is 33.3 Å². The number of amides is 3. The van der Waals surface area contributed by atoms with Gasteiger partial charge in [0.1, 0.15) is 11.5 Å². The number of carbonyl (C=O) groups excluding carboxylic acids is 2.